The summed E-state index contributed by atoms with van der Waals surface area (Å²) in [5.74, 6) is 0.793. The number of ether oxygens (including phenoxy) is 7. The van der Waals surface area contributed by atoms with Gasteiger partial charge in [0.15, 0.2) is 28.9 Å². The molecule has 2 unspecified atom stereocenters. The molecule has 0 amide bonds. The number of nitrogens with zero attached hydrogens (tertiary/aromatic N) is 2. The van der Waals surface area contributed by atoms with E-state index in [9.17, 15) is 14.9 Å². The van der Waals surface area contributed by atoms with Crippen LogP contribution in [0.5, 0.6) is 34.5 Å². The highest BCUT2D eigenvalue weighted by atomic mass is 16.7. The summed E-state index contributed by atoms with van der Waals surface area (Å²) < 4.78 is 40.6. The second-order valence-corrected chi connectivity index (χ2v) is 8.90. The molecule has 3 aliphatic rings. The summed E-state index contributed by atoms with van der Waals surface area (Å²) in [4.78, 5) is 27.2. The molecule has 0 aromatic heterocycles. The Morgan fingerprint density at radius 2 is 1.71 bits per heavy atom. The van der Waals surface area contributed by atoms with Crippen LogP contribution >= 0.6 is 0 Å². The first-order chi connectivity index (χ1) is 18.4. The first-order valence-electron chi connectivity index (χ1n) is 12.5. The highest BCUT2D eigenvalue weighted by Gasteiger charge is 2.51. The minimum absolute atomic E-state index is 0.0644. The van der Waals surface area contributed by atoms with Gasteiger partial charge in [0.2, 0.25) is 24.0 Å². The normalized spacial score (nSPS) is 19.4. The van der Waals surface area contributed by atoms with Gasteiger partial charge in [0, 0.05) is 12.1 Å². The topological polar surface area (TPSA) is 128 Å². The number of rotatable bonds is 9. The Morgan fingerprint density at radius 1 is 1.03 bits per heavy atom. The van der Waals surface area contributed by atoms with Crippen molar-refractivity contribution in [3.8, 4) is 34.5 Å². The molecule has 0 saturated heterocycles. The number of nitro benzene ring substituents is 1. The summed E-state index contributed by atoms with van der Waals surface area (Å²) in [5.41, 5.74) is 1.25. The van der Waals surface area contributed by atoms with E-state index >= 15 is 0 Å². The zero-order valence-electron chi connectivity index (χ0n) is 22.0. The molecule has 2 atom stereocenters. The molecule has 0 saturated carbocycles. The fourth-order valence-corrected chi connectivity index (χ4v) is 5.49. The second kappa shape index (κ2) is 10.1. The Morgan fingerprint density at radius 3 is 2.37 bits per heavy atom. The van der Waals surface area contributed by atoms with Gasteiger partial charge in [0.1, 0.15) is 0 Å². The van der Waals surface area contributed by atoms with Crippen LogP contribution in [0.15, 0.2) is 6.07 Å². The van der Waals surface area contributed by atoms with Crippen molar-refractivity contribution in [2.75, 3.05) is 47.3 Å². The predicted molar refractivity (Wildman–Crippen MR) is 133 cm³/mol. The van der Waals surface area contributed by atoms with Crippen molar-refractivity contribution in [2.45, 2.75) is 39.3 Å². The molecule has 12 nitrogen and oxygen atoms in total. The minimum atomic E-state index is -0.967. The lowest BCUT2D eigenvalue weighted by atomic mass is 9.85. The van der Waals surface area contributed by atoms with Crippen molar-refractivity contribution >= 4 is 11.7 Å². The van der Waals surface area contributed by atoms with E-state index in [4.69, 9.17) is 33.2 Å². The second-order valence-electron chi connectivity index (χ2n) is 8.90. The molecule has 12 heteroatoms. The first-order valence-corrected chi connectivity index (χ1v) is 12.5. The van der Waals surface area contributed by atoms with Crippen LogP contribution in [0.2, 0.25) is 0 Å². The van der Waals surface area contributed by atoms with Gasteiger partial charge in [-0.3, -0.25) is 15.0 Å². The molecule has 3 heterocycles. The Labute approximate surface area is 219 Å². The number of cyclic esters (lactones) is 1. The molecular formula is C26H30N2O10. The summed E-state index contributed by atoms with van der Waals surface area (Å²) >= 11 is 0. The smallest absolute Gasteiger partial charge is 0.346 e. The fraction of sp³-hybridized carbons (Fsp3) is 0.500. The van der Waals surface area contributed by atoms with Crippen molar-refractivity contribution in [1.82, 2.24) is 4.90 Å². The van der Waals surface area contributed by atoms with Gasteiger partial charge in [-0.25, -0.2) is 4.79 Å². The van der Waals surface area contributed by atoms with Gasteiger partial charge in [-0.2, -0.15) is 0 Å². The molecule has 2 aromatic carbocycles. The molecule has 5 rings (SSSR count). The van der Waals surface area contributed by atoms with Crippen molar-refractivity contribution in [1.29, 1.82) is 0 Å². The number of hydrogen-bond donors (Lipinski definition) is 0. The summed E-state index contributed by atoms with van der Waals surface area (Å²) in [6.07, 6.45) is -0.277. The van der Waals surface area contributed by atoms with Crippen molar-refractivity contribution in [2.24, 2.45) is 0 Å². The molecule has 0 radical (unpaired) electrons. The summed E-state index contributed by atoms with van der Waals surface area (Å²) in [7, 11) is 3.44. The van der Waals surface area contributed by atoms with Crippen LogP contribution in [0.4, 0.5) is 5.69 Å². The number of likely N-dealkylation sites (N-methyl/N-ethyl adjacent to an activating group) is 1. The average molecular weight is 531 g/mol. The number of esters is 1. The van der Waals surface area contributed by atoms with Gasteiger partial charge in [0.25, 0.3) is 0 Å². The van der Waals surface area contributed by atoms with Crippen LogP contribution in [0.1, 0.15) is 60.0 Å². The summed E-state index contributed by atoms with van der Waals surface area (Å²) in [6.45, 7) is 6.45. The molecule has 0 N–H and O–H groups in total. The minimum Gasteiger partial charge on any atom is -0.492 e. The van der Waals surface area contributed by atoms with E-state index in [1.165, 1.54) is 7.11 Å². The van der Waals surface area contributed by atoms with Crippen molar-refractivity contribution < 1.29 is 42.9 Å². The van der Waals surface area contributed by atoms with Crippen LogP contribution < -0.4 is 28.4 Å². The monoisotopic (exact) mass is 530 g/mol. The third-order valence-corrected chi connectivity index (χ3v) is 6.89. The lowest BCUT2D eigenvalue weighted by molar-refractivity contribution is -0.386. The third-order valence-electron chi connectivity index (χ3n) is 6.89. The van der Waals surface area contributed by atoms with Gasteiger partial charge < -0.3 is 33.2 Å². The van der Waals surface area contributed by atoms with Crippen LogP contribution in [0.3, 0.4) is 0 Å². The Hall–Kier alpha value is -3.93. The van der Waals surface area contributed by atoms with E-state index in [0.717, 1.165) is 11.1 Å². The number of methoxy groups -OCH3 is 1. The van der Waals surface area contributed by atoms with Crippen LogP contribution in [0, 0.1) is 10.1 Å². The Balaban J connectivity index is 1.80. The van der Waals surface area contributed by atoms with Gasteiger partial charge >= 0.3 is 11.7 Å². The van der Waals surface area contributed by atoms with Gasteiger partial charge in [-0.1, -0.05) is 0 Å². The van der Waals surface area contributed by atoms with Crippen molar-refractivity contribution in [3.63, 3.8) is 0 Å². The fourth-order valence-electron chi connectivity index (χ4n) is 5.49. The maximum Gasteiger partial charge on any atom is 0.346 e. The van der Waals surface area contributed by atoms with Crippen molar-refractivity contribution in [3.05, 3.63) is 38.4 Å². The van der Waals surface area contributed by atoms with Gasteiger partial charge in [-0.05, 0) is 45.9 Å². The molecule has 3 aliphatic heterocycles. The standard InChI is InChI=1S/C26H30N2O10/c1-6-33-23-17-16(19(28(30)31)24(34-7-2)25(23)35-8-3)26(29)38-21(17)18-15-13(9-10-27(18)4)11-14-20(22(15)32-5)37-12-36-14/h11,18,21H,6-10,12H2,1-5H3. The number of benzene rings is 2. The average Bonchev–Trinajstić information content (AvgIpc) is 3.49. The maximum absolute atomic E-state index is 13.4. The third kappa shape index (κ3) is 3.82. The molecule has 0 fully saturated rings. The van der Waals surface area contributed by atoms with E-state index < -0.39 is 28.7 Å². The number of hydrogen-bond acceptors (Lipinski definition) is 11. The first kappa shape index (κ1) is 25.7. The zero-order valence-corrected chi connectivity index (χ0v) is 22.0. The maximum atomic E-state index is 13.4. The molecule has 0 spiro atoms. The van der Waals surface area contributed by atoms with E-state index in [2.05, 4.69) is 0 Å². The Kier molecular flexibility index (Phi) is 6.82. The van der Waals surface area contributed by atoms with E-state index in [-0.39, 0.29) is 55.0 Å². The zero-order chi connectivity index (χ0) is 27.1. The summed E-state index contributed by atoms with van der Waals surface area (Å²) in [6, 6.07) is 1.34. The number of carbonyl (C=O) groups excluding carboxylic acids is 1. The van der Waals surface area contributed by atoms with E-state index in [0.29, 0.717) is 30.2 Å². The number of carbonyl (C=O) groups is 1. The molecule has 38 heavy (non-hydrogen) atoms. The lowest BCUT2D eigenvalue weighted by Gasteiger charge is -2.38. The lowest BCUT2D eigenvalue weighted by Crippen LogP contribution is -2.36. The van der Waals surface area contributed by atoms with Crippen LogP contribution in [-0.2, 0) is 11.2 Å². The SMILES string of the molecule is CCOc1c(OCC)c2c(c([N+](=O)[O-])c1OCC)C(=O)OC2C1c2c(cc3c(c2OC)OCO3)CCN1C. The van der Waals surface area contributed by atoms with E-state index in [1.54, 1.807) is 20.8 Å². The van der Waals surface area contributed by atoms with Gasteiger partial charge in [0.05, 0.1) is 43.5 Å². The molecule has 204 valence electrons. The molecule has 0 bridgehead atoms. The quantitative estimate of drug-likeness (QED) is 0.265. The van der Waals surface area contributed by atoms with E-state index in [1.807, 2.05) is 18.0 Å². The highest BCUT2D eigenvalue weighted by Crippen LogP contribution is 2.60. The highest BCUT2D eigenvalue weighted by molar-refractivity contribution is 6.02. The molecular weight excluding hydrogens is 500 g/mol. The molecule has 2 aromatic rings. The van der Waals surface area contributed by atoms with Gasteiger partial charge in [-0.15, -0.1) is 0 Å². The van der Waals surface area contributed by atoms with Crippen LogP contribution in [0.25, 0.3) is 0 Å². The largest absolute Gasteiger partial charge is 0.492 e. The predicted octanol–water partition coefficient (Wildman–Crippen LogP) is 3.97. The molecule has 0 aliphatic carbocycles. The summed E-state index contributed by atoms with van der Waals surface area (Å²) in [5, 5.41) is 12.4. The van der Waals surface area contributed by atoms with Crippen LogP contribution in [-0.4, -0.2) is 63.1 Å². The number of fused-ring (bicyclic) bond motifs is 3. The number of nitro groups is 1. The Bertz CT molecular complexity index is 1290.